The number of piperidine rings is 1. The number of hydrogen-bond donors (Lipinski definition) is 2. The van der Waals surface area contributed by atoms with E-state index in [0.29, 0.717) is 6.07 Å². The molecule has 1 atom stereocenters. The predicted octanol–water partition coefficient (Wildman–Crippen LogP) is 0.565. The molecule has 1 unspecified atom stereocenters. The van der Waals surface area contributed by atoms with Crippen molar-refractivity contribution in [2.75, 3.05) is 0 Å². The maximum Gasteiger partial charge on any atom is 0.417 e. The Bertz CT molecular complexity index is 819. The van der Waals surface area contributed by atoms with Gasteiger partial charge in [0.25, 0.3) is 5.91 Å². The first kappa shape index (κ1) is 16.9. The predicted molar refractivity (Wildman–Crippen MR) is 76.0 cm³/mol. The van der Waals surface area contributed by atoms with Crippen molar-refractivity contribution in [1.82, 2.24) is 10.2 Å². The number of carbonyl (C=O) groups excluding carboxylic acids is 4. The summed E-state index contributed by atoms with van der Waals surface area (Å²) in [5.74, 6) is -3.26. The molecule has 0 saturated carbocycles. The highest BCUT2D eigenvalue weighted by Crippen LogP contribution is 2.39. The third-order valence-electron chi connectivity index (χ3n) is 4.21. The summed E-state index contributed by atoms with van der Waals surface area (Å²) in [6, 6.07) is 0.611. The lowest BCUT2D eigenvalue weighted by Gasteiger charge is -2.29. The average Bonchev–Trinajstić information content (AvgIpc) is 2.82. The van der Waals surface area contributed by atoms with Crippen molar-refractivity contribution in [2.45, 2.75) is 31.6 Å². The van der Waals surface area contributed by atoms with Crippen molar-refractivity contribution < 1.29 is 32.3 Å². The van der Waals surface area contributed by atoms with Crippen LogP contribution in [0.3, 0.4) is 0 Å². The maximum atomic E-state index is 13.3. The number of imide groups is 1. The SMILES string of the molecule is NC(=O)c1cc2c(c(C(F)(F)F)c1)C(=O)N(C1CCC(=O)NC1=O)C2. The van der Waals surface area contributed by atoms with Crippen LogP contribution in [0.2, 0.25) is 0 Å². The Balaban J connectivity index is 2.05. The Kier molecular flexibility index (Phi) is 3.77. The smallest absolute Gasteiger partial charge is 0.366 e. The van der Waals surface area contributed by atoms with Gasteiger partial charge in [-0.15, -0.1) is 0 Å². The molecule has 0 radical (unpaired) electrons. The zero-order valence-corrected chi connectivity index (χ0v) is 12.6. The first-order valence-corrected chi connectivity index (χ1v) is 7.28. The minimum absolute atomic E-state index is 0.0187. The second-order valence-electron chi connectivity index (χ2n) is 5.82. The minimum atomic E-state index is -4.87. The molecule has 0 spiro atoms. The highest BCUT2D eigenvalue weighted by Gasteiger charge is 2.45. The number of carbonyl (C=O) groups is 4. The van der Waals surface area contributed by atoms with E-state index in [1.165, 1.54) is 0 Å². The second-order valence-corrected chi connectivity index (χ2v) is 5.82. The van der Waals surface area contributed by atoms with Crippen LogP contribution in [0.1, 0.15) is 44.7 Å². The van der Waals surface area contributed by atoms with E-state index in [2.05, 4.69) is 5.32 Å². The van der Waals surface area contributed by atoms with Gasteiger partial charge < -0.3 is 10.6 Å². The summed E-state index contributed by atoms with van der Waals surface area (Å²) in [5.41, 5.74) is 2.80. The summed E-state index contributed by atoms with van der Waals surface area (Å²) in [6.07, 6.45) is -4.87. The van der Waals surface area contributed by atoms with Crippen molar-refractivity contribution in [3.8, 4) is 0 Å². The minimum Gasteiger partial charge on any atom is -0.366 e. The zero-order valence-electron chi connectivity index (χ0n) is 12.6. The molecule has 2 aliphatic heterocycles. The lowest BCUT2D eigenvalue weighted by atomic mass is 9.98. The Morgan fingerprint density at radius 3 is 2.48 bits per heavy atom. The summed E-state index contributed by atoms with van der Waals surface area (Å²) in [6.45, 7) is -0.273. The Hall–Kier alpha value is -2.91. The number of fused-ring (bicyclic) bond motifs is 1. The molecule has 2 aliphatic rings. The fraction of sp³-hybridized carbons (Fsp3) is 0.333. The summed E-state index contributed by atoms with van der Waals surface area (Å²) < 4.78 is 39.9. The molecular weight excluding hydrogens is 343 g/mol. The lowest BCUT2D eigenvalue weighted by molar-refractivity contribution is -0.138. The number of primary amides is 1. The molecule has 1 aromatic rings. The number of nitrogens with zero attached hydrogens (tertiary/aromatic N) is 1. The van der Waals surface area contributed by atoms with E-state index in [9.17, 15) is 32.3 Å². The molecule has 10 heteroatoms. The van der Waals surface area contributed by atoms with Gasteiger partial charge in [0.2, 0.25) is 17.7 Å². The van der Waals surface area contributed by atoms with Gasteiger partial charge in [0.1, 0.15) is 6.04 Å². The molecule has 1 aromatic carbocycles. The van der Waals surface area contributed by atoms with Crippen LogP contribution < -0.4 is 11.1 Å². The number of halogens is 3. The van der Waals surface area contributed by atoms with Gasteiger partial charge in [0.15, 0.2) is 0 Å². The number of hydrogen-bond acceptors (Lipinski definition) is 4. The van der Waals surface area contributed by atoms with E-state index in [4.69, 9.17) is 5.73 Å². The quantitative estimate of drug-likeness (QED) is 0.756. The normalized spacial score (nSPS) is 20.5. The highest BCUT2D eigenvalue weighted by molar-refractivity contribution is 6.07. The summed E-state index contributed by atoms with van der Waals surface area (Å²) in [5, 5.41) is 2.06. The molecule has 2 heterocycles. The summed E-state index contributed by atoms with van der Waals surface area (Å²) in [7, 11) is 0. The van der Waals surface area contributed by atoms with Crippen LogP contribution in [0, 0.1) is 0 Å². The average molecular weight is 355 g/mol. The highest BCUT2D eigenvalue weighted by atomic mass is 19.4. The van der Waals surface area contributed by atoms with Gasteiger partial charge >= 0.3 is 6.18 Å². The first-order valence-electron chi connectivity index (χ1n) is 7.28. The molecule has 132 valence electrons. The van der Waals surface area contributed by atoms with Crippen LogP contribution in [0.25, 0.3) is 0 Å². The number of nitrogens with two attached hydrogens (primary N) is 1. The van der Waals surface area contributed by atoms with Gasteiger partial charge in [-0.1, -0.05) is 0 Å². The molecule has 0 aromatic heterocycles. The molecule has 1 fully saturated rings. The van der Waals surface area contributed by atoms with E-state index in [1.54, 1.807) is 0 Å². The Morgan fingerprint density at radius 2 is 1.92 bits per heavy atom. The zero-order chi connectivity index (χ0) is 18.5. The van der Waals surface area contributed by atoms with E-state index in [-0.39, 0.29) is 30.5 Å². The summed E-state index contributed by atoms with van der Waals surface area (Å²) >= 11 is 0. The van der Waals surface area contributed by atoms with Gasteiger partial charge in [-0.2, -0.15) is 13.2 Å². The Morgan fingerprint density at radius 1 is 1.24 bits per heavy atom. The Labute approximate surface area is 138 Å². The number of benzene rings is 1. The van der Waals surface area contributed by atoms with E-state index in [0.717, 1.165) is 11.0 Å². The molecule has 7 nitrogen and oxygen atoms in total. The third-order valence-corrected chi connectivity index (χ3v) is 4.21. The third kappa shape index (κ3) is 2.83. The van der Waals surface area contributed by atoms with Crippen LogP contribution >= 0.6 is 0 Å². The van der Waals surface area contributed by atoms with Crippen LogP contribution in [0.15, 0.2) is 12.1 Å². The van der Waals surface area contributed by atoms with Crippen molar-refractivity contribution in [1.29, 1.82) is 0 Å². The van der Waals surface area contributed by atoms with Crippen LogP contribution in [-0.2, 0) is 22.3 Å². The van der Waals surface area contributed by atoms with Gasteiger partial charge in [0.05, 0.1) is 11.1 Å². The van der Waals surface area contributed by atoms with Crippen LogP contribution in [0.5, 0.6) is 0 Å². The number of rotatable bonds is 2. The standard InChI is InChI=1S/C15H12F3N3O4/c16-15(17,18)8-4-6(12(19)23)3-7-5-21(14(25)11(7)8)9-1-2-10(22)20-13(9)24/h3-4,9H,1-2,5H2,(H2,19,23)(H,20,22,24). The lowest BCUT2D eigenvalue weighted by Crippen LogP contribution is -2.52. The number of alkyl halides is 3. The molecule has 3 rings (SSSR count). The molecule has 1 saturated heterocycles. The van der Waals surface area contributed by atoms with Gasteiger partial charge in [0, 0.05) is 18.5 Å². The largest absolute Gasteiger partial charge is 0.417 e. The van der Waals surface area contributed by atoms with Gasteiger partial charge in [-0.3, -0.25) is 24.5 Å². The molecular formula is C15H12F3N3O4. The number of nitrogens with one attached hydrogen (secondary N) is 1. The molecule has 3 N–H and O–H groups in total. The topological polar surface area (TPSA) is 110 Å². The number of amides is 4. The summed E-state index contributed by atoms with van der Waals surface area (Å²) in [4.78, 5) is 47.9. The second kappa shape index (κ2) is 5.57. The fourth-order valence-electron chi connectivity index (χ4n) is 3.08. The molecule has 4 amide bonds. The fourth-order valence-corrected chi connectivity index (χ4v) is 3.08. The van der Waals surface area contributed by atoms with Gasteiger partial charge in [-0.25, -0.2) is 0 Å². The van der Waals surface area contributed by atoms with Crippen molar-refractivity contribution >= 4 is 23.6 Å². The molecule has 0 aliphatic carbocycles. The van der Waals surface area contributed by atoms with E-state index < -0.39 is 47.0 Å². The van der Waals surface area contributed by atoms with Crippen molar-refractivity contribution in [2.24, 2.45) is 5.73 Å². The monoisotopic (exact) mass is 355 g/mol. The van der Waals surface area contributed by atoms with Crippen LogP contribution in [-0.4, -0.2) is 34.6 Å². The van der Waals surface area contributed by atoms with Crippen molar-refractivity contribution in [3.63, 3.8) is 0 Å². The van der Waals surface area contributed by atoms with Crippen molar-refractivity contribution in [3.05, 3.63) is 34.4 Å². The van der Waals surface area contributed by atoms with E-state index >= 15 is 0 Å². The van der Waals surface area contributed by atoms with E-state index in [1.807, 2.05) is 0 Å². The van der Waals surface area contributed by atoms with Crippen LogP contribution in [0.4, 0.5) is 13.2 Å². The molecule has 0 bridgehead atoms. The first-order chi connectivity index (χ1) is 11.6. The maximum absolute atomic E-state index is 13.3. The van der Waals surface area contributed by atoms with Gasteiger partial charge in [-0.05, 0) is 24.1 Å². The molecule has 25 heavy (non-hydrogen) atoms.